The number of hydrogen-bond donors (Lipinski definition) is 0. The summed E-state index contributed by atoms with van der Waals surface area (Å²) in [7, 11) is -15.2. The van der Waals surface area contributed by atoms with E-state index in [1.165, 1.54) is 8.37 Å². The van der Waals surface area contributed by atoms with Crippen LogP contribution in [-0.2, 0) is 29.4 Å². The number of alkyl halides is 12. The van der Waals surface area contributed by atoms with E-state index in [-0.39, 0.29) is 0 Å². The molecule has 0 N–H and O–H groups in total. The van der Waals surface area contributed by atoms with Crippen LogP contribution in [0.4, 0.5) is 60.5 Å². The van der Waals surface area contributed by atoms with E-state index in [0.29, 0.717) is 0 Å². The number of halogens is 14. The standard InChI is InChI=1S/C6F14O6S2/c7-1(3(9,10)11,5(15,16)25-27(19,21)22)2(8,4(12,13)14)6(17,18)26-28(20,23)24. The van der Waals surface area contributed by atoms with Gasteiger partial charge in [0.05, 0.1) is 0 Å². The molecule has 0 aromatic rings. The second kappa shape index (κ2) is 6.68. The van der Waals surface area contributed by atoms with Gasteiger partial charge in [-0.1, -0.05) is 7.77 Å². The summed E-state index contributed by atoms with van der Waals surface area (Å²) in [5, 5.41) is 0. The minimum Gasteiger partial charge on any atom is -0.219 e. The fourth-order valence-electron chi connectivity index (χ4n) is 1.49. The van der Waals surface area contributed by atoms with Gasteiger partial charge in [-0.25, -0.2) is 8.78 Å². The Labute approximate surface area is 143 Å². The summed E-state index contributed by atoms with van der Waals surface area (Å²) >= 11 is 0. The maximum absolute atomic E-state index is 13.8. The zero-order chi connectivity index (χ0) is 23.4. The van der Waals surface area contributed by atoms with Gasteiger partial charge >= 0.3 is 56.9 Å². The predicted octanol–water partition coefficient (Wildman–Crippen LogP) is 3.18. The molecule has 170 valence electrons. The van der Waals surface area contributed by atoms with Crippen molar-refractivity contribution in [3.63, 3.8) is 0 Å². The summed E-state index contributed by atoms with van der Waals surface area (Å²) in [5.41, 5.74) is -17.3. The Morgan fingerprint density at radius 3 is 0.750 bits per heavy atom. The van der Waals surface area contributed by atoms with Gasteiger partial charge in [-0.3, -0.25) is 0 Å². The van der Waals surface area contributed by atoms with Crippen molar-refractivity contribution >= 4 is 21.0 Å². The molecule has 0 aliphatic heterocycles. The van der Waals surface area contributed by atoms with Crippen LogP contribution in [0.25, 0.3) is 0 Å². The maximum atomic E-state index is 13.8. The molecule has 0 aromatic heterocycles. The minimum atomic E-state index is -8.64. The molecule has 0 amide bonds. The van der Waals surface area contributed by atoms with E-state index in [2.05, 4.69) is 0 Å². The van der Waals surface area contributed by atoms with Gasteiger partial charge in [0.2, 0.25) is 0 Å². The van der Waals surface area contributed by atoms with Gasteiger partial charge in [-0.2, -0.15) is 69.1 Å². The van der Waals surface area contributed by atoms with Crippen molar-refractivity contribution in [3.8, 4) is 0 Å². The molecular weight excluding hydrogens is 498 g/mol. The first-order valence-electron chi connectivity index (χ1n) is 5.23. The topological polar surface area (TPSA) is 86.7 Å². The first-order chi connectivity index (χ1) is 11.7. The summed E-state index contributed by atoms with van der Waals surface area (Å²) in [6, 6.07) is 0. The van der Waals surface area contributed by atoms with Crippen LogP contribution in [0.1, 0.15) is 0 Å². The van der Waals surface area contributed by atoms with Crippen molar-refractivity contribution in [2.45, 2.75) is 35.9 Å². The van der Waals surface area contributed by atoms with E-state index in [9.17, 15) is 77.3 Å². The molecule has 0 aliphatic carbocycles. The molecule has 0 fully saturated rings. The van der Waals surface area contributed by atoms with Crippen LogP contribution in [0.2, 0.25) is 0 Å². The molecule has 0 aliphatic rings. The molecule has 28 heavy (non-hydrogen) atoms. The normalized spacial score (nSPS) is 19.8. The Bertz CT molecular complexity index is 729. The largest absolute Gasteiger partial charge is 0.442 e. The molecule has 6 nitrogen and oxygen atoms in total. The highest BCUT2D eigenvalue weighted by Crippen LogP contribution is 2.64. The van der Waals surface area contributed by atoms with Crippen LogP contribution in [0, 0.1) is 0 Å². The molecule has 0 rings (SSSR count). The van der Waals surface area contributed by atoms with E-state index < -0.39 is 56.9 Å². The Balaban J connectivity index is 7.36. The van der Waals surface area contributed by atoms with Crippen molar-refractivity contribution in [1.82, 2.24) is 0 Å². The Kier molecular flexibility index (Phi) is 6.41. The Morgan fingerprint density at radius 1 is 0.464 bits per heavy atom. The molecule has 2 atom stereocenters. The van der Waals surface area contributed by atoms with Gasteiger partial charge in [0.1, 0.15) is 0 Å². The van der Waals surface area contributed by atoms with Crippen LogP contribution in [0.15, 0.2) is 0 Å². The van der Waals surface area contributed by atoms with Crippen molar-refractivity contribution < 1.29 is 85.7 Å². The van der Waals surface area contributed by atoms with Crippen molar-refractivity contribution in [2.24, 2.45) is 0 Å². The third kappa shape index (κ3) is 4.53. The van der Waals surface area contributed by atoms with E-state index in [4.69, 9.17) is 0 Å². The summed E-state index contributed by atoms with van der Waals surface area (Å²) in [4.78, 5) is 0. The summed E-state index contributed by atoms with van der Waals surface area (Å²) < 4.78 is 221. The summed E-state index contributed by atoms with van der Waals surface area (Å²) in [5.74, 6) is 0. The van der Waals surface area contributed by atoms with Crippen LogP contribution in [0.3, 0.4) is 0 Å². The molecule has 0 heterocycles. The van der Waals surface area contributed by atoms with E-state index >= 15 is 0 Å². The number of hydrogen-bond acceptors (Lipinski definition) is 6. The maximum Gasteiger partial charge on any atom is 0.442 e. The molecule has 0 saturated carbocycles. The third-order valence-electron chi connectivity index (χ3n) is 2.47. The SMILES string of the molecule is O=S(=O)(F)OC(F)(F)C(F)(C(F)(F)F)C(F)(C(F)(F)F)C(F)(F)OS(=O)(=O)F. The average molecular weight is 498 g/mol. The first-order valence-corrected chi connectivity index (χ1v) is 7.85. The fourth-order valence-corrected chi connectivity index (χ4v) is 2.22. The van der Waals surface area contributed by atoms with Crippen LogP contribution in [-0.4, -0.2) is 52.7 Å². The van der Waals surface area contributed by atoms with Crippen LogP contribution in [0.5, 0.6) is 0 Å². The zero-order valence-corrected chi connectivity index (χ0v) is 13.2. The molecule has 0 aromatic carbocycles. The average Bonchev–Trinajstić information content (AvgIpc) is 2.27. The lowest BCUT2D eigenvalue weighted by atomic mass is 9.82. The predicted molar refractivity (Wildman–Crippen MR) is 51.9 cm³/mol. The van der Waals surface area contributed by atoms with Gasteiger partial charge < -0.3 is 0 Å². The highest BCUT2D eigenvalue weighted by Gasteiger charge is 2.97. The molecule has 22 heteroatoms. The fraction of sp³-hybridized carbons (Fsp3) is 1.00. The third-order valence-corrected chi connectivity index (χ3v) is 3.28. The van der Waals surface area contributed by atoms with E-state index in [1.54, 1.807) is 0 Å². The Morgan fingerprint density at radius 2 is 0.643 bits per heavy atom. The zero-order valence-electron chi connectivity index (χ0n) is 11.6. The molecule has 0 spiro atoms. The van der Waals surface area contributed by atoms with Gasteiger partial charge in [0, 0.05) is 0 Å². The van der Waals surface area contributed by atoms with Crippen molar-refractivity contribution in [3.05, 3.63) is 0 Å². The summed E-state index contributed by atoms with van der Waals surface area (Å²) in [6.45, 7) is 0. The molecule has 0 radical (unpaired) electrons. The second-order valence-corrected chi connectivity index (χ2v) is 6.20. The minimum absolute atomic E-state index is 1.39. The first kappa shape index (κ1) is 26.8. The van der Waals surface area contributed by atoms with E-state index in [0.717, 1.165) is 0 Å². The molecular formula is C6F14O6S2. The monoisotopic (exact) mass is 498 g/mol. The summed E-state index contributed by atoms with van der Waals surface area (Å²) in [6.07, 6.45) is -32.6. The lowest BCUT2D eigenvalue weighted by molar-refractivity contribution is -0.474. The quantitative estimate of drug-likeness (QED) is 0.396. The van der Waals surface area contributed by atoms with Crippen molar-refractivity contribution in [1.29, 1.82) is 0 Å². The van der Waals surface area contributed by atoms with Crippen LogP contribution < -0.4 is 0 Å². The lowest BCUT2D eigenvalue weighted by Gasteiger charge is -2.44. The highest BCUT2D eigenvalue weighted by atomic mass is 32.3. The Hall–Kier alpha value is -1.16. The lowest BCUT2D eigenvalue weighted by Crippen LogP contribution is -2.78. The van der Waals surface area contributed by atoms with Gasteiger partial charge in [-0.05, 0) is 0 Å². The molecule has 2 unspecified atom stereocenters. The molecule has 0 saturated heterocycles. The van der Waals surface area contributed by atoms with Crippen molar-refractivity contribution in [2.75, 3.05) is 0 Å². The van der Waals surface area contributed by atoms with E-state index in [1.807, 2.05) is 0 Å². The molecule has 0 bridgehead atoms. The smallest absolute Gasteiger partial charge is 0.219 e. The second-order valence-electron chi connectivity index (χ2n) is 4.30. The van der Waals surface area contributed by atoms with Gasteiger partial charge in [0.15, 0.2) is 0 Å². The number of rotatable bonds is 7. The van der Waals surface area contributed by atoms with Crippen LogP contribution >= 0.6 is 0 Å². The highest BCUT2D eigenvalue weighted by molar-refractivity contribution is 7.81. The van der Waals surface area contributed by atoms with Gasteiger partial charge in [-0.15, -0.1) is 0 Å². The van der Waals surface area contributed by atoms with Gasteiger partial charge in [0.25, 0.3) is 0 Å².